The average molecular weight is 415 g/mol. The first kappa shape index (κ1) is 19.6. The number of halogens is 2. The van der Waals surface area contributed by atoms with Crippen LogP contribution >= 0.6 is 0 Å². The van der Waals surface area contributed by atoms with E-state index in [9.17, 15) is 18.7 Å². The van der Waals surface area contributed by atoms with Crippen LogP contribution in [0.15, 0.2) is 52.2 Å². The molecular weight excluding hydrogens is 396 g/mol. The molecule has 0 fully saturated rings. The number of aromatic nitrogens is 5. The minimum Gasteiger partial charge on any atom is -0.493 e. The van der Waals surface area contributed by atoms with Gasteiger partial charge in [-0.2, -0.15) is 5.10 Å². The summed E-state index contributed by atoms with van der Waals surface area (Å²) >= 11 is 0. The molecule has 0 aliphatic rings. The zero-order valence-corrected chi connectivity index (χ0v) is 16.3. The molecule has 3 aromatic heterocycles. The van der Waals surface area contributed by atoms with Gasteiger partial charge in [-0.25, -0.2) is 18.1 Å². The van der Waals surface area contributed by atoms with Crippen LogP contribution in [0.5, 0.6) is 5.88 Å². The Morgan fingerprint density at radius 2 is 1.93 bits per heavy atom. The van der Waals surface area contributed by atoms with Crippen molar-refractivity contribution < 1.29 is 18.4 Å². The van der Waals surface area contributed by atoms with Gasteiger partial charge in [0.2, 0.25) is 5.88 Å². The lowest BCUT2D eigenvalue weighted by molar-refractivity contribution is 0.150. The van der Waals surface area contributed by atoms with Gasteiger partial charge in [0.15, 0.2) is 0 Å². The minimum absolute atomic E-state index is 0.0902. The molecule has 10 heteroatoms. The van der Waals surface area contributed by atoms with Crippen molar-refractivity contribution in [2.75, 3.05) is 0 Å². The zero-order chi connectivity index (χ0) is 21.4. The van der Waals surface area contributed by atoms with Crippen molar-refractivity contribution >= 4 is 0 Å². The third-order valence-corrected chi connectivity index (χ3v) is 4.95. The van der Waals surface area contributed by atoms with Gasteiger partial charge < -0.3 is 9.63 Å². The lowest BCUT2D eigenvalue weighted by atomic mass is 10.1. The van der Waals surface area contributed by atoms with E-state index in [1.54, 1.807) is 23.9 Å². The van der Waals surface area contributed by atoms with E-state index >= 15 is 0 Å². The molecule has 0 saturated heterocycles. The number of imidazole rings is 1. The van der Waals surface area contributed by atoms with Gasteiger partial charge in [0.1, 0.15) is 5.76 Å². The molecule has 3 heterocycles. The predicted octanol–water partition coefficient (Wildman–Crippen LogP) is 3.18. The number of benzene rings is 1. The molecule has 156 valence electrons. The van der Waals surface area contributed by atoms with Gasteiger partial charge in [-0.3, -0.25) is 9.25 Å². The Morgan fingerprint density at radius 3 is 2.63 bits per heavy atom. The van der Waals surface area contributed by atoms with Gasteiger partial charge in [-0.1, -0.05) is 29.4 Å². The molecule has 0 saturated carbocycles. The Balaban J connectivity index is 1.64. The number of aromatic hydroxyl groups is 1. The van der Waals surface area contributed by atoms with Crippen LogP contribution in [0.4, 0.5) is 8.78 Å². The van der Waals surface area contributed by atoms with E-state index in [0.717, 1.165) is 15.8 Å². The lowest BCUT2D eigenvalue weighted by Crippen LogP contribution is -2.23. The van der Waals surface area contributed by atoms with Crippen LogP contribution in [0.25, 0.3) is 5.69 Å². The Labute approximate surface area is 169 Å². The largest absolute Gasteiger partial charge is 0.493 e. The zero-order valence-electron chi connectivity index (χ0n) is 16.3. The van der Waals surface area contributed by atoms with Crippen LogP contribution in [0.2, 0.25) is 0 Å². The first-order valence-corrected chi connectivity index (χ1v) is 9.17. The fraction of sp³-hybridized carbons (Fsp3) is 0.250. The number of aryl methyl sites for hydroxylation is 2. The van der Waals surface area contributed by atoms with Crippen LogP contribution in [-0.2, 0) is 13.1 Å². The highest BCUT2D eigenvalue weighted by Gasteiger charge is 2.18. The van der Waals surface area contributed by atoms with Gasteiger partial charge >= 0.3 is 5.69 Å². The molecule has 0 unspecified atom stereocenters. The summed E-state index contributed by atoms with van der Waals surface area (Å²) in [7, 11) is 0. The van der Waals surface area contributed by atoms with E-state index < -0.39 is 12.1 Å². The Kier molecular flexibility index (Phi) is 4.98. The summed E-state index contributed by atoms with van der Waals surface area (Å²) in [6, 6.07) is 6.00. The van der Waals surface area contributed by atoms with Crippen molar-refractivity contribution in [2.24, 2.45) is 0 Å². The van der Waals surface area contributed by atoms with E-state index in [0.29, 0.717) is 23.6 Å². The highest BCUT2D eigenvalue weighted by Crippen LogP contribution is 2.24. The lowest BCUT2D eigenvalue weighted by Gasteiger charge is -2.08. The molecule has 4 rings (SSSR count). The van der Waals surface area contributed by atoms with E-state index in [1.165, 1.54) is 35.2 Å². The Hall–Kier alpha value is -3.69. The molecule has 30 heavy (non-hydrogen) atoms. The second-order valence-corrected chi connectivity index (χ2v) is 6.93. The van der Waals surface area contributed by atoms with Crippen molar-refractivity contribution in [3.8, 4) is 11.6 Å². The summed E-state index contributed by atoms with van der Waals surface area (Å²) < 4.78 is 35.5. The van der Waals surface area contributed by atoms with E-state index in [2.05, 4.69) is 10.3 Å². The molecule has 1 aromatic carbocycles. The van der Waals surface area contributed by atoms with Crippen LogP contribution in [0.1, 0.15) is 34.6 Å². The van der Waals surface area contributed by atoms with Gasteiger partial charge in [0.25, 0.3) is 6.43 Å². The Bertz CT molecular complexity index is 1230. The number of alkyl halides is 2. The molecule has 0 spiro atoms. The van der Waals surface area contributed by atoms with E-state index in [1.807, 2.05) is 6.92 Å². The molecule has 4 aromatic rings. The van der Waals surface area contributed by atoms with Crippen molar-refractivity contribution in [3.63, 3.8) is 0 Å². The van der Waals surface area contributed by atoms with Gasteiger partial charge in [0.05, 0.1) is 36.9 Å². The predicted molar refractivity (Wildman–Crippen MR) is 103 cm³/mol. The fourth-order valence-electron chi connectivity index (χ4n) is 3.35. The van der Waals surface area contributed by atoms with Crippen LogP contribution in [0, 0.1) is 13.8 Å². The quantitative estimate of drug-likeness (QED) is 0.522. The van der Waals surface area contributed by atoms with Gasteiger partial charge in [-0.15, -0.1) is 0 Å². The summed E-state index contributed by atoms with van der Waals surface area (Å²) in [5.41, 5.74) is 1.57. The minimum atomic E-state index is -2.66. The van der Waals surface area contributed by atoms with E-state index in [-0.39, 0.29) is 18.0 Å². The molecule has 0 radical (unpaired) electrons. The van der Waals surface area contributed by atoms with Crippen molar-refractivity contribution in [1.29, 1.82) is 0 Å². The van der Waals surface area contributed by atoms with Crippen molar-refractivity contribution in [2.45, 2.75) is 33.4 Å². The normalized spacial score (nSPS) is 11.5. The molecular formula is C20H19F2N5O3. The third-order valence-electron chi connectivity index (χ3n) is 4.95. The molecule has 1 N–H and O–H groups in total. The highest BCUT2D eigenvalue weighted by atomic mass is 19.3. The highest BCUT2D eigenvalue weighted by molar-refractivity contribution is 5.33. The standard InChI is InChI=1S/C20H19F2N5O3/c1-12-17(13(2)30-24-12)10-26-9-15(7-23-26)27-18(28)11-25(20(27)29)8-14-5-3-4-6-16(14)19(21)22/h3-7,9,11,19,28H,8,10H2,1-2H3. The molecule has 0 bridgehead atoms. The second kappa shape index (κ2) is 7.62. The monoisotopic (exact) mass is 415 g/mol. The fourth-order valence-corrected chi connectivity index (χ4v) is 3.35. The maximum absolute atomic E-state index is 13.2. The summed E-state index contributed by atoms with van der Waals surface area (Å²) in [5, 5.41) is 18.4. The van der Waals surface area contributed by atoms with Gasteiger partial charge in [-0.05, 0) is 19.4 Å². The first-order chi connectivity index (χ1) is 14.3. The average Bonchev–Trinajstić information content (AvgIpc) is 3.37. The summed E-state index contributed by atoms with van der Waals surface area (Å²) in [6.45, 7) is 3.92. The summed E-state index contributed by atoms with van der Waals surface area (Å²) in [4.78, 5) is 12.8. The van der Waals surface area contributed by atoms with Crippen LogP contribution in [0.3, 0.4) is 0 Å². The van der Waals surface area contributed by atoms with Crippen molar-refractivity contribution in [3.05, 3.63) is 81.5 Å². The molecule has 0 aliphatic heterocycles. The number of hydrogen-bond donors (Lipinski definition) is 1. The molecule has 0 amide bonds. The summed E-state index contributed by atoms with van der Waals surface area (Å²) in [6.07, 6.45) is 1.60. The molecule has 0 atom stereocenters. The molecule has 0 aliphatic carbocycles. The van der Waals surface area contributed by atoms with Gasteiger partial charge in [0, 0.05) is 17.3 Å². The number of rotatable bonds is 6. The molecule has 8 nitrogen and oxygen atoms in total. The van der Waals surface area contributed by atoms with Crippen LogP contribution in [-0.4, -0.2) is 29.2 Å². The topological polar surface area (TPSA) is 91.0 Å². The van der Waals surface area contributed by atoms with Crippen molar-refractivity contribution in [1.82, 2.24) is 24.1 Å². The third kappa shape index (κ3) is 3.51. The first-order valence-electron chi connectivity index (χ1n) is 9.17. The smallest absolute Gasteiger partial charge is 0.336 e. The maximum atomic E-state index is 13.2. The number of hydrogen-bond acceptors (Lipinski definition) is 5. The SMILES string of the molecule is Cc1noc(C)c1Cn1cc(-n2c(O)cn(Cc3ccccc3C(F)F)c2=O)cn1. The maximum Gasteiger partial charge on any atom is 0.336 e. The van der Waals surface area contributed by atoms with E-state index in [4.69, 9.17) is 4.52 Å². The number of nitrogens with zero attached hydrogens (tertiary/aromatic N) is 5. The second-order valence-electron chi connectivity index (χ2n) is 6.93. The van der Waals surface area contributed by atoms with Crippen LogP contribution < -0.4 is 5.69 Å². The Morgan fingerprint density at radius 1 is 1.17 bits per heavy atom. The summed E-state index contributed by atoms with van der Waals surface area (Å²) in [5.74, 6) is 0.361.